The molecule has 3 N–H and O–H groups in total. The van der Waals surface area contributed by atoms with Gasteiger partial charge in [-0.2, -0.15) is 0 Å². The first-order valence-electron chi connectivity index (χ1n) is 5.78. The molecule has 1 rings (SSSR count). The van der Waals surface area contributed by atoms with Crippen LogP contribution in [0.2, 0.25) is 0 Å². The van der Waals surface area contributed by atoms with Crippen molar-refractivity contribution in [3.8, 4) is 0 Å². The molecule has 1 aromatic rings. The largest absolute Gasteiger partial charge is 0.463 e. The SMILES string of the molecule is CCC(CC)CNCc1ccc(CN)o1. The number of hydrogen-bond acceptors (Lipinski definition) is 3. The summed E-state index contributed by atoms with van der Waals surface area (Å²) in [5.41, 5.74) is 5.47. The van der Waals surface area contributed by atoms with Crippen LogP contribution in [0.25, 0.3) is 0 Å². The van der Waals surface area contributed by atoms with Crippen molar-refractivity contribution in [3.63, 3.8) is 0 Å². The second-order valence-corrected chi connectivity index (χ2v) is 3.89. The van der Waals surface area contributed by atoms with E-state index in [1.54, 1.807) is 0 Å². The average molecular weight is 210 g/mol. The lowest BCUT2D eigenvalue weighted by Crippen LogP contribution is -2.21. The Kier molecular flexibility index (Phi) is 5.43. The predicted molar refractivity (Wildman–Crippen MR) is 62.4 cm³/mol. The molecule has 1 heterocycles. The predicted octanol–water partition coefficient (Wildman–Crippen LogP) is 2.26. The molecule has 0 aliphatic carbocycles. The quantitative estimate of drug-likeness (QED) is 0.726. The summed E-state index contributed by atoms with van der Waals surface area (Å²) in [7, 11) is 0. The van der Waals surface area contributed by atoms with E-state index in [2.05, 4.69) is 19.2 Å². The zero-order valence-electron chi connectivity index (χ0n) is 9.75. The highest BCUT2D eigenvalue weighted by Crippen LogP contribution is 2.08. The van der Waals surface area contributed by atoms with Gasteiger partial charge >= 0.3 is 0 Å². The van der Waals surface area contributed by atoms with E-state index in [1.807, 2.05) is 12.1 Å². The lowest BCUT2D eigenvalue weighted by Gasteiger charge is -2.12. The lowest BCUT2D eigenvalue weighted by atomic mass is 10.0. The first kappa shape index (κ1) is 12.3. The molecule has 1 aromatic heterocycles. The molecule has 0 aliphatic heterocycles. The number of furan rings is 1. The van der Waals surface area contributed by atoms with E-state index >= 15 is 0 Å². The molecule has 0 radical (unpaired) electrons. The van der Waals surface area contributed by atoms with Crippen LogP contribution in [0.3, 0.4) is 0 Å². The standard InChI is InChI=1S/C12H22N2O/c1-3-10(4-2)8-14-9-12-6-5-11(7-13)15-12/h5-6,10,14H,3-4,7-9,13H2,1-2H3. The van der Waals surface area contributed by atoms with Crippen LogP contribution < -0.4 is 11.1 Å². The molecule has 3 heteroatoms. The van der Waals surface area contributed by atoms with Crippen LogP contribution >= 0.6 is 0 Å². The molecule has 0 spiro atoms. The molecule has 3 nitrogen and oxygen atoms in total. The third kappa shape index (κ3) is 4.06. The maximum Gasteiger partial charge on any atom is 0.118 e. The Bertz CT molecular complexity index is 266. The third-order valence-electron chi connectivity index (χ3n) is 2.81. The van der Waals surface area contributed by atoms with E-state index in [0.29, 0.717) is 6.54 Å². The summed E-state index contributed by atoms with van der Waals surface area (Å²) >= 11 is 0. The van der Waals surface area contributed by atoms with Gasteiger partial charge in [-0.1, -0.05) is 26.7 Å². The Morgan fingerprint density at radius 2 is 1.93 bits per heavy atom. The topological polar surface area (TPSA) is 51.2 Å². The zero-order valence-corrected chi connectivity index (χ0v) is 9.75. The van der Waals surface area contributed by atoms with Gasteiger partial charge < -0.3 is 15.5 Å². The average Bonchev–Trinajstić information content (AvgIpc) is 2.72. The van der Waals surface area contributed by atoms with Crippen molar-refractivity contribution >= 4 is 0 Å². The van der Waals surface area contributed by atoms with Crippen LogP contribution in [0.15, 0.2) is 16.5 Å². The van der Waals surface area contributed by atoms with Crippen molar-refractivity contribution in [2.75, 3.05) is 6.54 Å². The van der Waals surface area contributed by atoms with Gasteiger partial charge in [-0.05, 0) is 24.6 Å². The molecule has 0 aliphatic rings. The minimum Gasteiger partial charge on any atom is -0.463 e. The van der Waals surface area contributed by atoms with Gasteiger partial charge in [-0.25, -0.2) is 0 Å². The van der Waals surface area contributed by atoms with Crippen LogP contribution in [0.4, 0.5) is 0 Å². The molecule has 15 heavy (non-hydrogen) atoms. The van der Waals surface area contributed by atoms with Crippen molar-refractivity contribution in [1.29, 1.82) is 0 Å². The minimum atomic E-state index is 0.479. The maximum atomic E-state index is 5.49. The molecule has 0 atom stereocenters. The van der Waals surface area contributed by atoms with Crippen LogP contribution in [-0.4, -0.2) is 6.54 Å². The van der Waals surface area contributed by atoms with Gasteiger partial charge in [-0.3, -0.25) is 0 Å². The summed E-state index contributed by atoms with van der Waals surface area (Å²) in [5, 5.41) is 3.41. The van der Waals surface area contributed by atoms with Gasteiger partial charge in [0, 0.05) is 0 Å². The van der Waals surface area contributed by atoms with Gasteiger partial charge in [0.1, 0.15) is 11.5 Å². The molecule has 0 amide bonds. The van der Waals surface area contributed by atoms with Gasteiger partial charge in [0.15, 0.2) is 0 Å². The van der Waals surface area contributed by atoms with Crippen molar-refractivity contribution in [2.45, 2.75) is 39.8 Å². The third-order valence-corrected chi connectivity index (χ3v) is 2.81. The van der Waals surface area contributed by atoms with E-state index < -0.39 is 0 Å². The lowest BCUT2D eigenvalue weighted by molar-refractivity contribution is 0.411. The van der Waals surface area contributed by atoms with Crippen molar-refractivity contribution in [3.05, 3.63) is 23.7 Å². The summed E-state index contributed by atoms with van der Waals surface area (Å²) < 4.78 is 5.49. The fourth-order valence-corrected chi connectivity index (χ4v) is 1.60. The second kappa shape index (κ2) is 6.64. The molecule has 86 valence electrons. The number of nitrogens with two attached hydrogens (primary N) is 1. The van der Waals surface area contributed by atoms with E-state index in [-0.39, 0.29) is 0 Å². The molecule has 0 fully saturated rings. The minimum absolute atomic E-state index is 0.479. The Hall–Kier alpha value is -0.800. The second-order valence-electron chi connectivity index (χ2n) is 3.89. The van der Waals surface area contributed by atoms with Gasteiger partial charge in [0.05, 0.1) is 13.1 Å². The molecule has 0 bridgehead atoms. The van der Waals surface area contributed by atoms with Crippen LogP contribution in [0.1, 0.15) is 38.2 Å². The maximum absolute atomic E-state index is 5.49. The first-order valence-corrected chi connectivity index (χ1v) is 5.78. The van der Waals surface area contributed by atoms with E-state index in [0.717, 1.165) is 30.5 Å². The Morgan fingerprint density at radius 3 is 2.47 bits per heavy atom. The number of rotatable bonds is 7. The molecule has 0 aromatic carbocycles. The van der Waals surface area contributed by atoms with Crippen molar-refractivity contribution in [1.82, 2.24) is 5.32 Å². The summed E-state index contributed by atoms with van der Waals surface area (Å²) in [4.78, 5) is 0. The fraction of sp³-hybridized carbons (Fsp3) is 0.667. The number of nitrogens with one attached hydrogen (secondary N) is 1. The zero-order chi connectivity index (χ0) is 11.1. The fourth-order valence-electron chi connectivity index (χ4n) is 1.60. The summed E-state index contributed by atoms with van der Waals surface area (Å²) in [6, 6.07) is 3.93. The number of hydrogen-bond donors (Lipinski definition) is 2. The highest BCUT2D eigenvalue weighted by atomic mass is 16.3. The Balaban J connectivity index is 2.25. The highest BCUT2D eigenvalue weighted by molar-refractivity contribution is 5.06. The van der Waals surface area contributed by atoms with Crippen LogP contribution in [0, 0.1) is 5.92 Å². The molecular formula is C12H22N2O. The van der Waals surface area contributed by atoms with Gasteiger partial charge in [-0.15, -0.1) is 0 Å². The summed E-state index contributed by atoms with van der Waals surface area (Å²) in [5.74, 6) is 2.60. The monoisotopic (exact) mass is 210 g/mol. The van der Waals surface area contributed by atoms with E-state index in [9.17, 15) is 0 Å². The Morgan fingerprint density at radius 1 is 1.27 bits per heavy atom. The van der Waals surface area contributed by atoms with Crippen molar-refractivity contribution < 1.29 is 4.42 Å². The molecule has 0 unspecified atom stereocenters. The van der Waals surface area contributed by atoms with Crippen LogP contribution in [-0.2, 0) is 13.1 Å². The normalized spacial score (nSPS) is 11.2. The highest BCUT2D eigenvalue weighted by Gasteiger charge is 2.04. The molecular weight excluding hydrogens is 188 g/mol. The first-order chi connectivity index (χ1) is 7.30. The van der Waals surface area contributed by atoms with E-state index in [4.69, 9.17) is 10.2 Å². The van der Waals surface area contributed by atoms with Gasteiger partial charge in [0.2, 0.25) is 0 Å². The van der Waals surface area contributed by atoms with Crippen LogP contribution in [0.5, 0.6) is 0 Å². The smallest absolute Gasteiger partial charge is 0.118 e. The summed E-state index contributed by atoms with van der Waals surface area (Å²) in [6.45, 7) is 6.80. The van der Waals surface area contributed by atoms with E-state index in [1.165, 1.54) is 12.8 Å². The summed E-state index contributed by atoms with van der Waals surface area (Å²) in [6.07, 6.45) is 2.46. The van der Waals surface area contributed by atoms with Gasteiger partial charge in [0.25, 0.3) is 0 Å². The molecule has 0 saturated heterocycles. The van der Waals surface area contributed by atoms with Crippen molar-refractivity contribution in [2.24, 2.45) is 11.7 Å². The Labute approximate surface area is 92.0 Å². The molecule has 0 saturated carbocycles.